The molecule has 0 radical (unpaired) electrons. The Morgan fingerprint density at radius 3 is 2.88 bits per heavy atom. The van der Waals surface area contributed by atoms with Crippen LogP contribution < -0.4 is 11.1 Å². The summed E-state index contributed by atoms with van der Waals surface area (Å²) in [7, 11) is 1.86. The molecule has 5 nitrogen and oxygen atoms in total. The van der Waals surface area contributed by atoms with E-state index in [9.17, 15) is 4.79 Å². The quantitative estimate of drug-likeness (QED) is 0.706. The van der Waals surface area contributed by atoms with Gasteiger partial charge in [-0.2, -0.15) is 5.10 Å². The van der Waals surface area contributed by atoms with Crippen molar-refractivity contribution in [3.05, 3.63) is 11.9 Å². The smallest absolute Gasteiger partial charge is 0.224 e. The van der Waals surface area contributed by atoms with E-state index in [1.54, 1.807) is 4.68 Å². The van der Waals surface area contributed by atoms with Gasteiger partial charge in [0.05, 0.1) is 11.4 Å². The molecule has 0 unspecified atom stereocenters. The van der Waals surface area contributed by atoms with Crippen molar-refractivity contribution >= 4 is 11.6 Å². The third-order valence-corrected chi connectivity index (χ3v) is 2.62. The minimum Gasteiger partial charge on any atom is -0.330 e. The maximum Gasteiger partial charge on any atom is 0.224 e. The average molecular weight is 238 g/mol. The Labute approximate surface area is 102 Å². The second-order valence-corrected chi connectivity index (χ2v) is 4.16. The van der Waals surface area contributed by atoms with Crippen LogP contribution in [0.15, 0.2) is 6.20 Å². The molecule has 0 aliphatic rings. The molecular weight excluding hydrogens is 216 g/mol. The summed E-state index contributed by atoms with van der Waals surface area (Å²) in [6.45, 7) is 2.73. The highest BCUT2D eigenvalue weighted by Gasteiger charge is 2.08. The first-order valence-electron chi connectivity index (χ1n) is 6.19. The summed E-state index contributed by atoms with van der Waals surface area (Å²) >= 11 is 0. The predicted octanol–water partition coefficient (Wildman–Crippen LogP) is 1.44. The van der Waals surface area contributed by atoms with Crippen molar-refractivity contribution in [2.24, 2.45) is 12.8 Å². The fourth-order valence-electron chi connectivity index (χ4n) is 1.72. The van der Waals surface area contributed by atoms with Crippen LogP contribution in [0.25, 0.3) is 0 Å². The Morgan fingerprint density at radius 1 is 1.47 bits per heavy atom. The number of aromatic nitrogens is 2. The number of nitrogens with zero attached hydrogens (tertiary/aromatic N) is 2. The number of rotatable bonds is 7. The fraction of sp³-hybridized carbons (Fsp3) is 0.667. The minimum absolute atomic E-state index is 0.0599. The highest BCUT2D eigenvalue weighted by Crippen LogP contribution is 2.14. The molecule has 0 atom stereocenters. The lowest BCUT2D eigenvalue weighted by Crippen LogP contribution is -2.12. The predicted molar refractivity (Wildman–Crippen MR) is 68.7 cm³/mol. The molecule has 96 valence electrons. The summed E-state index contributed by atoms with van der Waals surface area (Å²) in [5.41, 5.74) is 7.16. The molecule has 0 aliphatic heterocycles. The molecule has 0 saturated heterocycles. The number of carbonyl (C=O) groups excluding carboxylic acids is 1. The summed E-state index contributed by atoms with van der Waals surface area (Å²) in [6.07, 6.45) is 6.11. The van der Waals surface area contributed by atoms with E-state index in [2.05, 4.69) is 10.4 Å². The lowest BCUT2D eigenvalue weighted by Gasteiger charge is -2.03. The van der Waals surface area contributed by atoms with Crippen LogP contribution in [-0.4, -0.2) is 22.2 Å². The van der Waals surface area contributed by atoms with Gasteiger partial charge in [0.2, 0.25) is 5.91 Å². The molecule has 0 bridgehead atoms. The Balaban J connectivity index is 2.39. The van der Waals surface area contributed by atoms with E-state index in [0.717, 1.165) is 37.1 Å². The van der Waals surface area contributed by atoms with E-state index >= 15 is 0 Å². The van der Waals surface area contributed by atoms with Crippen molar-refractivity contribution in [1.82, 2.24) is 9.78 Å². The van der Waals surface area contributed by atoms with Gasteiger partial charge in [0.15, 0.2) is 0 Å². The number of aryl methyl sites for hydroxylation is 2. The van der Waals surface area contributed by atoms with Crippen LogP contribution in [0.1, 0.15) is 38.3 Å². The number of nitrogens with two attached hydrogens (primary N) is 1. The van der Waals surface area contributed by atoms with Crippen molar-refractivity contribution in [1.29, 1.82) is 0 Å². The zero-order chi connectivity index (χ0) is 12.7. The van der Waals surface area contributed by atoms with Crippen LogP contribution in [0.2, 0.25) is 0 Å². The summed E-state index contributed by atoms with van der Waals surface area (Å²) in [6, 6.07) is 0. The van der Waals surface area contributed by atoms with Crippen LogP contribution in [0, 0.1) is 0 Å². The highest BCUT2D eigenvalue weighted by molar-refractivity contribution is 5.91. The highest BCUT2D eigenvalue weighted by atomic mass is 16.1. The van der Waals surface area contributed by atoms with Gasteiger partial charge >= 0.3 is 0 Å². The van der Waals surface area contributed by atoms with E-state index in [4.69, 9.17) is 5.73 Å². The summed E-state index contributed by atoms with van der Waals surface area (Å²) in [5, 5.41) is 7.18. The number of hydrogen-bond acceptors (Lipinski definition) is 3. The standard InChI is InChI=1S/C12H22N4O/c1-3-10-11(9-16(2)15-10)14-12(17)7-5-4-6-8-13/h9H,3-8,13H2,1-2H3,(H,14,17). The fourth-order valence-corrected chi connectivity index (χ4v) is 1.72. The van der Waals surface area contributed by atoms with E-state index in [1.165, 1.54) is 0 Å². The van der Waals surface area contributed by atoms with Gasteiger partial charge in [0.25, 0.3) is 0 Å². The number of unbranched alkanes of at least 4 members (excludes halogenated alkanes) is 2. The summed E-state index contributed by atoms with van der Waals surface area (Å²) in [4.78, 5) is 11.7. The second kappa shape index (κ2) is 7.06. The second-order valence-electron chi connectivity index (χ2n) is 4.16. The SMILES string of the molecule is CCc1nn(C)cc1NC(=O)CCCCCN. The van der Waals surface area contributed by atoms with E-state index in [1.807, 2.05) is 20.2 Å². The first kappa shape index (κ1) is 13.7. The number of nitrogens with one attached hydrogen (secondary N) is 1. The van der Waals surface area contributed by atoms with Gasteiger partial charge in [-0.05, 0) is 25.8 Å². The number of amides is 1. The molecule has 1 aromatic rings. The van der Waals surface area contributed by atoms with Gasteiger partial charge < -0.3 is 11.1 Å². The molecule has 1 aromatic heterocycles. The number of carbonyl (C=O) groups is 1. The molecule has 0 spiro atoms. The molecule has 3 N–H and O–H groups in total. The first-order valence-corrected chi connectivity index (χ1v) is 6.19. The average Bonchev–Trinajstić information content (AvgIpc) is 2.65. The van der Waals surface area contributed by atoms with Gasteiger partial charge in [0, 0.05) is 19.7 Å². The Hall–Kier alpha value is -1.36. The van der Waals surface area contributed by atoms with Crippen LogP contribution in [0.3, 0.4) is 0 Å². The van der Waals surface area contributed by atoms with E-state index < -0.39 is 0 Å². The maximum absolute atomic E-state index is 11.7. The van der Waals surface area contributed by atoms with Crippen LogP contribution in [-0.2, 0) is 18.3 Å². The molecular formula is C12H22N4O. The molecule has 0 fully saturated rings. The number of anilines is 1. The maximum atomic E-state index is 11.7. The van der Waals surface area contributed by atoms with Crippen LogP contribution >= 0.6 is 0 Å². The zero-order valence-corrected chi connectivity index (χ0v) is 10.7. The van der Waals surface area contributed by atoms with Crippen molar-refractivity contribution in [2.75, 3.05) is 11.9 Å². The Bertz CT molecular complexity index is 359. The van der Waals surface area contributed by atoms with Gasteiger partial charge in [-0.1, -0.05) is 13.3 Å². The third-order valence-electron chi connectivity index (χ3n) is 2.62. The molecule has 1 amide bonds. The van der Waals surface area contributed by atoms with Gasteiger partial charge in [0.1, 0.15) is 0 Å². The topological polar surface area (TPSA) is 72.9 Å². The molecule has 17 heavy (non-hydrogen) atoms. The summed E-state index contributed by atoms with van der Waals surface area (Å²) < 4.78 is 1.73. The minimum atomic E-state index is 0.0599. The normalized spacial score (nSPS) is 10.5. The molecule has 0 aromatic carbocycles. The van der Waals surface area contributed by atoms with Crippen molar-refractivity contribution in [3.63, 3.8) is 0 Å². The lowest BCUT2D eigenvalue weighted by molar-refractivity contribution is -0.116. The van der Waals surface area contributed by atoms with Gasteiger partial charge in [-0.15, -0.1) is 0 Å². The van der Waals surface area contributed by atoms with Crippen LogP contribution in [0.4, 0.5) is 5.69 Å². The largest absolute Gasteiger partial charge is 0.330 e. The summed E-state index contributed by atoms with van der Waals surface area (Å²) in [5.74, 6) is 0.0599. The number of hydrogen-bond donors (Lipinski definition) is 2. The molecule has 5 heteroatoms. The zero-order valence-electron chi connectivity index (χ0n) is 10.7. The van der Waals surface area contributed by atoms with Crippen molar-refractivity contribution < 1.29 is 4.79 Å². The lowest BCUT2D eigenvalue weighted by atomic mass is 10.2. The molecule has 1 rings (SSSR count). The molecule has 0 aliphatic carbocycles. The third kappa shape index (κ3) is 4.56. The van der Waals surface area contributed by atoms with Crippen molar-refractivity contribution in [2.45, 2.75) is 39.0 Å². The van der Waals surface area contributed by atoms with Gasteiger partial charge in [-0.25, -0.2) is 0 Å². The Morgan fingerprint density at radius 2 is 2.24 bits per heavy atom. The van der Waals surface area contributed by atoms with E-state index in [-0.39, 0.29) is 5.91 Å². The van der Waals surface area contributed by atoms with Gasteiger partial charge in [-0.3, -0.25) is 9.48 Å². The Kier molecular flexibility index (Phi) is 5.69. The monoisotopic (exact) mass is 238 g/mol. The molecule has 0 saturated carbocycles. The van der Waals surface area contributed by atoms with E-state index in [0.29, 0.717) is 13.0 Å². The van der Waals surface area contributed by atoms with Crippen LogP contribution in [0.5, 0.6) is 0 Å². The molecule has 1 heterocycles. The first-order chi connectivity index (χ1) is 8.17. The van der Waals surface area contributed by atoms with Crippen molar-refractivity contribution in [3.8, 4) is 0 Å².